The standard InChI is InChI=1S/C18H22N2O2/c1-2-5-17(21)20-12-9-15(10-13-20)22-16-8-3-6-14-7-4-11-19-18(14)16/h3-4,6-8,11,15H,2,5,9-10,12-13H2,1H3. The van der Waals surface area contributed by atoms with Crippen LogP contribution in [0.3, 0.4) is 0 Å². The minimum Gasteiger partial charge on any atom is -0.488 e. The van der Waals surface area contributed by atoms with Gasteiger partial charge in [-0.15, -0.1) is 0 Å². The van der Waals surface area contributed by atoms with E-state index in [1.54, 1.807) is 6.20 Å². The Morgan fingerprint density at radius 1 is 1.27 bits per heavy atom. The molecule has 4 nitrogen and oxygen atoms in total. The number of para-hydroxylation sites is 1. The number of piperidine rings is 1. The molecule has 1 aliphatic heterocycles. The number of ether oxygens (including phenoxy) is 1. The van der Waals surface area contributed by atoms with Gasteiger partial charge in [0.1, 0.15) is 17.4 Å². The summed E-state index contributed by atoms with van der Waals surface area (Å²) in [7, 11) is 0. The molecule has 1 saturated heterocycles. The Balaban J connectivity index is 1.64. The van der Waals surface area contributed by atoms with E-state index in [1.807, 2.05) is 42.2 Å². The first-order valence-corrected chi connectivity index (χ1v) is 8.06. The van der Waals surface area contributed by atoms with Crippen molar-refractivity contribution in [1.82, 2.24) is 9.88 Å². The number of hydrogen-bond donors (Lipinski definition) is 0. The van der Waals surface area contributed by atoms with Crippen molar-refractivity contribution >= 4 is 16.8 Å². The second kappa shape index (κ2) is 6.77. The maximum Gasteiger partial charge on any atom is 0.222 e. The van der Waals surface area contributed by atoms with E-state index in [-0.39, 0.29) is 12.0 Å². The maximum atomic E-state index is 11.9. The number of carbonyl (C=O) groups is 1. The fourth-order valence-corrected chi connectivity index (χ4v) is 2.95. The highest BCUT2D eigenvalue weighted by Gasteiger charge is 2.23. The summed E-state index contributed by atoms with van der Waals surface area (Å²) in [5.41, 5.74) is 0.912. The summed E-state index contributed by atoms with van der Waals surface area (Å²) in [6.45, 7) is 3.63. The van der Waals surface area contributed by atoms with Crippen LogP contribution in [0.4, 0.5) is 0 Å². The van der Waals surface area contributed by atoms with Gasteiger partial charge in [-0.1, -0.05) is 25.1 Å². The van der Waals surface area contributed by atoms with E-state index in [9.17, 15) is 4.79 Å². The Labute approximate surface area is 131 Å². The smallest absolute Gasteiger partial charge is 0.222 e. The molecule has 1 aromatic heterocycles. The van der Waals surface area contributed by atoms with E-state index < -0.39 is 0 Å². The van der Waals surface area contributed by atoms with Crippen molar-refractivity contribution in [1.29, 1.82) is 0 Å². The monoisotopic (exact) mass is 298 g/mol. The number of nitrogens with zero attached hydrogens (tertiary/aromatic N) is 2. The van der Waals surface area contributed by atoms with Crippen molar-refractivity contribution in [3.05, 3.63) is 36.5 Å². The number of carbonyl (C=O) groups excluding carboxylic acids is 1. The highest BCUT2D eigenvalue weighted by molar-refractivity contribution is 5.84. The zero-order chi connectivity index (χ0) is 15.4. The molecule has 0 unspecified atom stereocenters. The lowest BCUT2D eigenvalue weighted by Gasteiger charge is -2.32. The third-order valence-electron chi connectivity index (χ3n) is 4.15. The van der Waals surface area contributed by atoms with Gasteiger partial charge in [-0.25, -0.2) is 0 Å². The quantitative estimate of drug-likeness (QED) is 0.868. The van der Waals surface area contributed by atoms with Crippen LogP contribution in [0.15, 0.2) is 36.5 Å². The average molecular weight is 298 g/mol. The molecule has 0 spiro atoms. The molecule has 1 fully saturated rings. The van der Waals surface area contributed by atoms with Crippen LogP contribution in [0.25, 0.3) is 10.9 Å². The normalized spacial score (nSPS) is 16.0. The summed E-state index contributed by atoms with van der Waals surface area (Å²) in [4.78, 5) is 18.3. The van der Waals surface area contributed by atoms with Crippen LogP contribution in [0.2, 0.25) is 0 Å². The molecule has 22 heavy (non-hydrogen) atoms. The lowest BCUT2D eigenvalue weighted by atomic mass is 10.1. The van der Waals surface area contributed by atoms with E-state index in [0.29, 0.717) is 6.42 Å². The van der Waals surface area contributed by atoms with Gasteiger partial charge in [0, 0.05) is 43.9 Å². The molecule has 0 radical (unpaired) electrons. The number of pyridine rings is 1. The first-order chi connectivity index (χ1) is 10.8. The molecule has 1 amide bonds. The molecule has 1 aliphatic rings. The van der Waals surface area contributed by atoms with Crippen LogP contribution in [0.5, 0.6) is 5.75 Å². The van der Waals surface area contributed by atoms with Crippen LogP contribution in [0.1, 0.15) is 32.6 Å². The van der Waals surface area contributed by atoms with Gasteiger partial charge in [0.2, 0.25) is 5.91 Å². The third-order valence-corrected chi connectivity index (χ3v) is 4.15. The van der Waals surface area contributed by atoms with Gasteiger partial charge in [-0.05, 0) is 18.6 Å². The molecule has 4 heteroatoms. The minimum absolute atomic E-state index is 0.165. The van der Waals surface area contributed by atoms with Crippen LogP contribution in [-0.2, 0) is 4.79 Å². The summed E-state index contributed by atoms with van der Waals surface area (Å²) >= 11 is 0. The fourth-order valence-electron chi connectivity index (χ4n) is 2.95. The second-order valence-corrected chi connectivity index (χ2v) is 5.78. The SMILES string of the molecule is CCCC(=O)N1CCC(Oc2cccc3cccnc23)CC1. The minimum atomic E-state index is 0.165. The van der Waals surface area contributed by atoms with E-state index in [0.717, 1.165) is 49.0 Å². The lowest BCUT2D eigenvalue weighted by Crippen LogP contribution is -2.41. The van der Waals surface area contributed by atoms with Gasteiger partial charge >= 0.3 is 0 Å². The Bertz CT molecular complexity index is 643. The van der Waals surface area contributed by atoms with E-state index >= 15 is 0 Å². The molecular weight excluding hydrogens is 276 g/mol. The van der Waals surface area contributed by atoms with Gasteiger partial charge in [0.25, 0.3) is 0 Å². The van der Waals surface area contributed by atoms with Crippen LogP contribution >= 0.6 is 0 Å². The van der Waals surface area contributed by atoms with Crippen molar-refractivity contribution in [3.8, 4) is 5.75 Å². The molecule has 1 aromatic carbocycles. The molecule has 0 N–H and O–H groups in total. The first-order valence-electron chi connectivity index (χ1n) is 8.06. The van der Waals surface area contributed by atoms with Crippen molar-refractivity contribution in [3.63, 3.8) is 0 Å². The van der Waals surface area contributed by atoms with Gasteiger partial charge in [-0.3, -0.25) is 9.78 Å². The van der Waals surface area contributed by atoms with Crippen LogP contribution < -0.4 is 4.74 Å². The molecule has 0 saturated carbocycles. The highest BCUT2D eigenvalue weighted by Crippen LogP contribution is 2.26. The predicted molar refractivity (Wildman–Crippen MR) is 86.9 cm³/mol. The van der Waals surface area contributed by atoms with E-state index in [1.165, 1.54) is 0 Å². The van der Waals surface area contributed by atoms with Gasteiger partial charge in [0.05, 0.1) is 0 Å². The molecule has 2 heterocycles. The number of amides is 1. The number of rotatable bonds is 4. The molecule has 0 atom stereocenters. The number of hydrogen-bond acceptors (Lipinski definition) is 3. The summed E-state index contributed by atoms with van der Waals surface area (Å²) in [5, 5.41) is 1.09. The molecule has 3 rings (SSSR count). The molecule has 0 aliphatic carbocycles. The third kappa shape index (κ3) is 3.21. The number of likely N-dealkylation sites (tertiary alicyclic amines) is 1. The van der Waals surface area contributed by atoms with Gasteiger partial charge < -0.3 is 9.64 Å². The highest BCUT2D eigenvalue weighted by atomic mass is 16.5. The summed E-state index contributed by atoms with van der Waals surface area (Å²) in [6, 6.07) is 10.00. The Hall–Kier alpha value is -2.10. The fraction of sp³-hybridized carbons (Fsp3) is 0.444. The largest absolute Gasteiger partial charge is 0.488 e. The Morgan fingerprint density at radius 2 is 2.05 bits per heavy atom. The van der Waals surface area contributed by atoms with Crippen molar-refractivity contribution in [2.24, 2.45) is 0 Å². The molecule has 116 valence electrons. The zero-order valence-corrected chi connectivity index (χ0v) is 13.0. The van der Waals surface area contributed by atoms with Gasteiger partial charge in [-0.2, -0.15) is 0 Å². The van der Waals surface area contributed by atoms with Crippen LogP contribution in [0, 0.1) is 0 Å². The maximum absolute atomic E-state index is 11.9. The number of benzene rings is 1. The Morgan fingerprint density at radius 3 is 2.82 bits per heavy atom. The summed E-state index contributed by atoms with van der Waals surface area (Å²) in [6.07, 6.45) is 5.30. The molecule has 2 aromatic rings. The molecule has 0 bridgehead atoms. The lowest BCUT2D eigenvalue weighted by molar-refractivity contribution is -0.133. The average Bonchev–Trinajstić information content (AvgIpc) is 2.56. The molecular formula is C18H22N2O2. The zero-order valence-electron chi connectivity index (χ0n) is 13.0. The second-order valence-electron chi connectivity index (χ2n) is 5.78. The van der Waals surface area contributed by atoms with Crippen molar-refractivity contribution in [2.75, 3.05) is 13.1 Å². The topological polar surface area (TPSA) is 42.4 Å². The summed E-state index contributed by atoms with van der Waals surface area (Å²) in [5.74, 6) is 1.12. The van der Waals surface area contributed by atoms with Crippen molar-refractivity contribution in [2.45, 2.75) is 38.7 Å². The number of fused-ring (bicyclic) bond motifs is 1. The van der Waals surface area contributed by atoms with Crippen molar-refractivity contribution < 1.29 is 9.53 Å². The first kappa shape index (κ1) is 14.8. The van der Waals surface area contributed by atoms with Gasteiger partial charge in [0.15, 0.2) is 0 Å². The van der Waals surface area contributed by atoms with E-state index in [2.05, 4.69) is 4.98 Å². The summed E-state index contributed by atoms with van der Waals surface area (Å²) < 4.78 is 6.16. The van der Waals surface area contributed by atoms with E-state index in [4.69, 9.17) is 4.74 Å². The van der Waals surface area contributed by atoms with Crippen LogP contribution in [-0.4, -0.2) is 35.0 Å². The Kier molecular flexibility index (Phi) is 4.56. The predicted octanol–water partition coefficient (Wildman–Crippen LogP) is 3.40. The number of aromatic nitrogens is 1.